The van der Waals surface area contributed by atoms with Gasteiger partial charge in [-0.3, -0.25) is 18.7 Å². The number of carbonyl (C=O) groups is 2. The zero-order chi connectivity index (χ0) is 29.3. The van der Waals surface area contributed by atoms with Crippen LogP contribution in [0.1, 0.15) is 24.8 Å². The first kappa shape index (κ1) is 29.0. The Bertz CT molecular complexity index is 1710. The summed E-state index contributed by atoms with van der Waals surface area (Å²) < 4.78 is 9.88. The molecule has 41 heavy (non-hydrogen) atoms. The summed E-state index contributed by atoms with van der Waals surface area (Å²) in [7, 11) is 3.40. The first-order valence-electron chi connectivity index (χ1n) is 13.1. The number of aromatic nitrogens is 2. The maximum absolute atomic E-state index is 13.1. The minimum Gasteiger partial charge on any atom is -0.457 e. The highest BCUT2D eigenvalue weighted by Gasteiger charge is 2.22. The Kier molecular flexibility index (Phi) is 8.63. The van der Waals surface area contributed by atoms with E-state index in [0.717, 1.165) is 48.0 Å². The third kappa shape index (κ3) is 6.24. The van der Waals surface area contributed by atoms with E-state index >= 15 is 0 Å². The molecule has 9 nitrogen and oxygen atoms in total. The molecule has 1 aromatic heterocycles. The first-order valence-corrected chi connectivity index (χ1v) is 14.6. The van der Waals surface area contributed by atoms with E-state index in [9.17, 15) is 14.4 Å². The van der Waals surface area contributed by atoms with Gasteiger partial charge in [0.05, 0.1) is 32.5 Å². The monoisotopic (exact) mass is 659 g/mol. The Hall–Kier alpha value is -3.47. The molecule has 214 valence electrons. The molecule has 0 radical (unpaired) electrons. The molecular formula is C29H28BrCl2N5O4. The SMILES string of the molecule is Cn1c(=O)n(C)c2cc(N3CCCCC3)c(NC(=O)C(=O)NCc3ccc(Br)cc3Oc3ccc(Cl)c(Cl)c3)cc21. The summed E-state index contributed by atoms with van der Waals surface area (Å²) in [5.74, 6) is -0.673. The highest BCUT2D eigenvalue weighted by molar-refractivity contribution is 9.10. The number of halogens is 3. The minimum absolute atomic E-state index is 0.0430. The molecule has 4 aromatic rings. The van der Waals surface area contributed by atoms with E-state index in [1.165, 1.54) is 4.57 Å². The number of hydrogen-bond donors (Lipinski definition) is 2. The van der Waals surface area contributed by atoms with Crippen molar-refractivity contribution in [1.82, 2.24) is 14.5 Å². The van der Waals surface area contributed by atoms with Crippen LogP contribution in [-0.4, -0.2) is 34.0 Å². The molecule has 1 aliphatic heterocycles. The highest BCUT2D eigenvalue weighted by atomic mass is 79.9. The topological polar surface area (TPSA) is 97.6 Å². The fourth-order valence-corrected chi connectivity index (χ4v) is 5.53. The quantitative estimate of drug-likeness (QED) is 0.248. The van der Waals surface area contributed by atoms with Crippen LogP contribution in [0.15, 0.2) is 57.8 Å². The number of aryl methyl sites for hydroxylation is 2. The molecule has 0 unspecified atom stereocenters. The van der Waals surface area contributed by atoms with E-state index in [1.807, 2.05) is 12.1 Å². The van der Waals surface area contributed by atoms with E-state index in [0.29, 0.717) is 38.3 Å². The number of nitrogens with one attached hydrogen (secondary N) is 2. The van der Waals surface area contributed by atoms with Gasteiger partial charge in [0.2, 0.25) is 0 Å². The molecule has 1 saturated heterocycles. The fraction of sp³-hybridized carbons (Fsp3) is 0.276. The van der Waals surface area contributed by atoms with Crippen molar-refractivity contribution in [3.63, 3.8) is 0 Å². The summed E-state index contributed by atoms with van der Waals surface area (Å²) in [6.07, 6.45) is 3.19. The van der Waals surface area contributed by atoms with Crippen molar-refractivity contribution in [1.29, 1.82) is 0 Å². The van der Waals surface area contributed by atoms with Gasteiger partial charge < -0.3 is 20.3 Å². The van der Waals surface area contributed by atoms with Crippen molar-refractivity contribution >= 4 is 73.4 Å². The molecule has 0 spiro atoms. The summed E-state index contributed by atoms with van der Waals surface area (Å²) in [4.78, 5) is 40.8. The number of anilines is 2. The van der Waals surface area contributed by atoms with Gasteiger partial charge in [0.15, 0.2) is 0 Å². The van der Waals surface area contributed by atoms with Crippen LogP contribution in [0.2, 0.25) is 10.0 Å². The van der Waals surface area contributed by atoms with Crippen molar-refractivity contribution in [3.05, 3.63) is 79.1 Å². The van der Waals surface area contributed by atoms with E-state index < -0.39 is 11.8 Å². The fourth-order valence-electron chi connectivity index (χ4n) is 4.90. The summed E-state index contributed by atoms with van der Waals surface area (Å²) in [6, 6.07) is 13.9. The van der Waals surface area contributed by atoms with E-state index in [-0.39, 0.29) is 12.2 Å². The van der Waals surface area contributed by atoms with Crippen LogP contribution in [0.4, 0.5) is 11.4 Å². The number of benzene rings is 3. The molecule has 0 bridgehead atoms. The number of rotatable bonds is 6. The second kappa shape index (κ2) is 12.2. The van der Waals surface area contributed by atoms with Gasteiger partial charge in [-0.05, 0) is 55.7 Å². The van der Waals surface area contributed by atoms with Crippen LogP contribution in [0, 0.1) is 0 Å². The molecule has 5 rings (SSSR count). The number of fused-ring (bicyclic) bond motifs is 1. The second-order valence-corrected chi connectivity index (χ2v) is 11.6. The van der Waals surface area contributed by atoms with Crippen molar-refractivity contribution < 1.29 is 14.3 Å². The maximum atomic E-state index is 13.1. The predicted octanol–water partition coefficient (Wildman–Crippen LogP) is 5.98. The third-order valence-electron chi connectivity index (χ3n) is 7.13. The lowest BCUT2D eigenvalue weighted by Gasteiger charge is -2.30. The number of nitrogens with zero attached hydrogens (tertiary/aromatic N) is 3. The molecular weight excluding hydrogens is 633 g/mol. The molecule has 2 N–H and O–H groups in total. The third-order valence-corrected chi connectivity index (χ3v) is 8.36. The van der Waals surface area contributed by atoms with E-state index in [1.54, 1.807) is 55.1 Å². The highest BCUT2D eigenvalue weighted by Crippen LogP contribution is 2.34. The standard InChI is InChI=1S/C29H28BrCl2N5O4/c1-35-24-14-22(23(37-10-4-3-5-11-37)15-25(24)36(2)29(35)40)34-28(39)27(38)33-16-17-6-7-18(30)12-26(17)41-19-8-9-20(31)21(32)13-19/h6-9,12-15H,3-5,10-11,16H2,1-2H3,(H,33,38)(H,34,39). The van der Waals surface area contributed by atoms with Crippen molar-refractivity contribution in [2.24, 2.45) is 14.1 Å². The Morgan fingerprint density at radius 2 is 1.61 bits per heavy atom. The van der Waals surface area contributed by atoms with Gasteiger partial charge in [-0.1, -0.05) is 45.2 Å². The van der Waals surface area contributed by atoms with Gasteiger partial charge in [-0.25, -0.2) is 4.79 Å². The Labute approximate surface area is 255 Å². The van der Waals surface area contributed by atoms with Gasteiger partial charge in [0.1, 0.15) is 11.5 Å². The first-order chi connectivity index (χ1) is 19.6. The Morgan fingerprint density at radius 3 is 2.32 bits per heavy atom. The van der Waals surface area contributed by atoms with Crippen LogP contribution in [-0.2, 0) is 30.2 Å². The number of piperidine rings is 1. The molecule has 12 heteroatoms. The molecule has 1 aliphatic rings. The average Bonchev–Trinajstić information content (AvgIpc) is 3.17. The molecule has 0 aliphatic carbocycles. The average molecular weight is 661 g/mol. The lowest BCUT2D eigenvalue weighted by molar-refractivity contribution is -0.136. The van der Waals surface area contributed by atoms with Crippen LogP contribution in [0.3, 0.4) is 0 Å². The molecule has 0 saturated carbocycles. The Balaban J connectivity index is 1.35. The van der Waals surface area contributed by atoms with Gasteiger partial charge in [-0.2, -0.15) is 0 Å². The lowest BCUT2D eigenvalue weighted by atomic mass is 10.1. The van der Waals surface area contributed by atoms with Crippen LogP contribution >= 0.6 is 39.1 Å². The smallest absolute Gasteiger partial charge is 0.328 e. The number of hydrogen-bond acceptors (Lipinski definition) is 5. The van der Waals surface area contributed by atoms with Gasteiger partial charge in [-0.15, -0.1) is 0 Å². The zero-order valence-electron chi connectivity index (χ0n) is 22.5. The summed E-state index contributed by atoms with van der Waals surface area (Å²) in [5, 5.41) is 6.22. The normalized spacial score (nSPS) is 13.3. The van der Waals surface area contributed by atoms with E-state index in [2.05, 4.69) is 31.5 Å². The van der Waals surface area contributed by atoms with Gasteiger partial charge >= 0.3 is 17.5 Å². The predicted molar refractivity (Wildman–Crippen MR) is 165 cm³/mol. The summed E-state index contributed by atoms with van der Waals surface area (Å²) in [5.41, 5.74) is 3.16. The number of amides is 2. The molecule has 0 atom stereocenters. The Morgan fingerprint density at radius 1 is 0.902 bits per heavy atom. The van der Waals surface area contributed by atoms with Gasteiger partial charge in [0.25, 0.3) is 0 Å². The second-order valence-electron chi connectivity index (χ2n) is 9.87. The van der Waals surface area contributed by atoms with Crippen LogP contribution < -0.4 is 26.0 Å². The van der Waals surface area contributed by atoms with E-state index in [4.69, 9.17) is 27.9 Å². The number of imidazole rings is 1. The van der Waals surface area contributed by atoms with Crippen LogP contribution in [0.5, 0.6) is 11.5 Å². The zero-order valence-corrected chi connectivity index (χ0v) is 25.6. The lowest BCUT2D eigenvalue weighted by Crippen LogP contribution is -2.36. The van der Waals surface area contributed by atoms with Crippen LogP contribution in [0.25, 0.3) is 11.0 Å². The molecule has 1 fully saturated rings. The molecule has 3 aromatic carbocycles. The van der Waals surface area contributed by atoms with Crippen molar-refractivity contribution in [2.45, 2.75) is 25.8 Å². The minimum atomic E-state index is -0.812. The molecule has 2 amide bonds. The number of carbonyl (C=O) groups excluding carboxylic acids is 2. The largest absolute Gasteiger partial charge is 0.457 e. The van der Waals surface area contributed by atoms with Crippen molar-refractivity contribution in [2.75, 3.05) is 23.3 Å². The van der Waals surface area contributed by atoms with Gasteiger partial charge in [0, 0.05) is 49.8 Å². The maximum Gasteiger partial charge on any atom is 0.328 e. The summed E-state index contributed by atoms with van der Waals surface area (Å²) in [6.45, 7) is 1.69. The van der Waals surface area contributed by atoms with Crippen molar-refractivity contribution in [3.8, 4) is 11.5 Å². The summed E-state index contributed by atoms with van der Waals surface area (Å²) >= 11 is 15.6. The molecule has 2 heterocycles. The number of ether oxygens (including phenoxy) is 1.